The van der Waals surface area contributed by atoms with Gasteiger partial charge in [0.25, 0.3) is 5.91 Å². The lowest BCUT2D eigenvalue weighted by atomic mass is 10.2. The van der Waals surface area contributed by atoms with E-state index in [1.807, 2.05) is 19.1 Å². The highest BCUT2D eigenvalue weighted by Gasteiger charge is 2.30. The Morgan fingerprint density at radius 1 is 1.39 bits per heavy atom. The molecule has 0 bridgehead atoms. The van der Waals surface area contributed by atoms with Crippen molar-refractivity contribution in [3.8, 4) is 0 Å². The molecule has 0 radical (unpaired) electrons. The summed E-state index contributed by atoms with van der Waals surface area (Å²) in [5.41, 5.74) is 1.60. The molecule has 6 heteroatoms. The van der Waals surface area contributed by atoms with E-state index in [9.17, 15) is 14.4 Å². The fourth-order valence-electron chi connectivity index (χ4n) is 1.66. The highest BCUT2D eigenvalue weighted by atomic mass is 16.2. The molecule has 4 amide bonds. The Kier molecular flexibility index (Phi) is 3.27. The van der Waals surface area contributed by atoms with E-state index in [1.165, 1.54) is 0 Å². The molecular formula is C12H13N3O3. The van der Waals surface area contributed by atoms with Crippen LogP contribution >= 0.6 is 0 Å². The molecule has 0 saturated carbocycles. The number of hydrogen-bond donors (Lipinski definition) is 2. The van der Waals surface area contributed by atoms with Crippen LogP contribution in [0.25, 0.3) is 0 Å². The number of hydrogen-bond acceptors (Lipinski definition) is 3. The molecule has 0 unspecified atom stereocenters. The summed E-state index contributed by atoms with van der Waals surface area (Å²) < 4.78 is 0. The third-order valence-corrected chi connectivity index (χ3v) is 2.66. The zero-order valence-corrected chi connectivity index (χ0v) is 9.90. The molecule has 0 spiro atoms. The van der Waals surface area contributed by atoms with E-state index in [0.29, 0.717) is 5.69 Å². The summed E-state index contributed by atoms with van der Waals surface area (Å²) in [4.78, 5) is 35.2. The van der Waals surface area contributed by atoms with Crippen LogP contribution in [0.3, 0.4) is 0 Å². The number of benzene rings is 1. The van der Waals surface area contributed by atoms with Crippen molar-refractivity contribution in [2.45, 2.75) is 6.92 Å². The minimum atomic E-state index is -0.528. The number of para-hydroxylation sites is 1. The zero-order chi connectivity index (χ0) is 13.1. The predicted molar refractivity (Wildman–Crippen MR) is 64.9 cm³/mol. The van der Waals surface area contributed by atoms with Crippen molar-refractivity contribution in [2.24, 2.45) is 0 Å². The third-order valence-electron chi connectivity index (χ3n) is 2.66. The van der Waals surface area contributed by atoms with Crippen LogP contribution in [0.15, 0.2) is 24.3 Å². The van der Waals surface area contributed by atoms with Crippen molar-refractivity contribution >= 4 is 23.5 Å². The number of nitrogens with zero attached hydrogens (tertiary/aromatic N) is 1. The second kappa shape index (κ2) is 4.87. The normalized spacial score (nSPS) is 14.6. The minimum absolute atomic E-state index is 0.0452. The number of amides is 4. The average Bonchev–Trinajstić information content (AvgIpc) is 2.64. The molecule has 1 aromatic carbocycles. The molecule has 2 N–H and O–H groups in total. The topological polar surface area (TPSA) is 78.5 Å². The number of nitrogens with one attached hydrogen (secondary N) is 2. The summed E-state index contributed by atoms with van der Waals surface area (Å²) >= 11 is 0. The Morgan fingerprint density at radius 3 is 2.72 bits per heavy atom. The fraction of sp³-hybridized carbons (Fsp3) is 0.250. The number of anilines is 1. The Hall–Kier alpha value is -2.37. The standard InChI is InChI=1S/C12H13N3O3/c1-8-4-2-3-5-9(8)14-10(16)7-15-11(17)6-13-12(15)18/h2-5H,6-7H2,1H3,(H,13,18)(H,14,16). The van der Waals surface area contributed by atoms with E-state index in [0.717, 1.165) is 10.5 Å². The lowest BCUT2D eigenvalue weighted by Gasteiger charge is -2.13. The number of urea groups is 1. The van der Waals surface area contributed by atoms with Gasteiger partial charge in [0.05, 0.1) is 6.54 Å². The van der Waals surface area contributed by atoms with E-state index in [4.69, 9.17) is 0 Å². The molecule has 1 fully saturated rings. The Labute approximate surface area is 104 Å². The lowest BCUT2D eigenvalue weighted by molar-refractivity contribution is -0.128. The van der Waals surface area contributed by atoms with E-state index in [-0.39, 0.29) is 19.0 Å². The molecule has 1 aliphatic heterocycles. The predicted octanol–water partition coefficient (Wildman–Crippen LogP) is 0.485. The second-order valence-electron chi connectivity index (χ2n) is 4.00. The molecule has 1 heterocycles. The fourth-order valence-corrected chi connectivity index (χ4v) is 1.66. The van der Waals surface area contributed by atoms with Crippen LogP contribution in [0.4, 0.5) is 10.5 Å². The van der Waals surface area contributed by atoms with Gasteiger partial charge in [0.15, 0.2) is 0 Å². The number of rotatable bonds is 3. The van der Waals surface area contributed by atoms with Gasteiger partial charge in [-0.2, -0.15) is 0 Å². The molecule has 1 aromatic rings. The number of carbonyl (C=O) groups excluding carboxylic acids is 3. The van der Waals surface area contributed by atoms with Crippen molar-refractivity contribution in [2.75, 3.05) is 18.4 Å². The highest BCUT2D eigenvalue weighted by molar-refractivity contribution is 6.06. The number of aryl methyl sites for hydroxylation is 1. The van der Waals surface area contributed by atoms with E-state index in [2.05, 4.69) is 10.6 Å². The SMILES string of the molecule is Cc1ccccc1NC(=O)CN1C(=O)CNC1=O. The second-order valence-corrected chi connectivity index (χ2v) is 4.00. The highest BCUT2D eigenvalue weighted by Crippen LogP contribution is 2.13. The first-order valence-corrected chi connectivity index (χ1v) is 5.51. The Balaban J connectivity index is 1.99. The summed E-state index contributed by atoms with van der Waals surface area (Å²) in [5.74, 6) is -0.783. The number of imide groups is 1. The molecule has 0 aromatic heterocycles. The smallest absolute Gasteiger partial charge is 0.325 e. The van der Waals surface area contributed by atoms with E-state index < -0.39 is 11.9 Å². The van der Waals surface area contributed by atoms with Crippen molar-refractivity contribution in [3.05, 3.63) is 29.8 Å². The molecule has 1 saturated heterocycles. The first-order valence-electron chi connectivity index (χ1n) is 5.51. The van der Waals surface area contributed by atoms with E-state index in [1.54, 1.807) is 12.1 Å². The van der Waals surface area contributed by atoms with Gasteiger partial charge in [0.1, 0.15) is 6.54 Å². The van der Waals surface area contributed by atoms with Gasteiger partial charge in [0.2, 0.25) is 5.91 Å². The van der Waals surface area contributed by atoms with Crippen LogP contribution in [0.5, 0.6) is 0 Å². The quantitative estimate of drug-likeness (QED) is 0.763. The first kappa shape index (κ1) is 12.1. The van der Waals surface area contributed by atoms with Crippen LogP contribution in [0.1, 0.15) is 5.56 Å². The summed E-state index contributed by atoms with van der Waals surface area (Å²) in [7, 11) is 0. The lowest BCUT2D eigenvalue weighted by Crippen LogP contribution is -2.38. The van der Waals surface area contributed by atoms with Gasteiger partial charge in [-0.25, -0.2) is 4.79 Å². The maximum absolute atomic E-state index is 11.7. The number of carbonyl (C=O) groups is 3. The first-order chi connectivity index (χ1) is 8.58. The largest absolute Gasteiger partial charge is 0.329 e. The molecule has 6 nitrogen and oxygen atoms in total. The van der Waals surface area contributed by atoms with Gasteiger partial charge in [0, 0.05) is 5.69 Å². The molecule has 2 rings (SSSR count). The minimum Gasteiger partial charge on any atom is -0.329 e. The Morgan fingerprint density at radius 2 is 2.11 bits per heavy atom. The average molecular weight is 247 g/mol. The Bertz CT molecular complexity index is 497. The van der Waals surface area contributed by atoms with Crippen LogP contribution in [-0.2, 0) is 9.59 Å². The molecule has 94 valence electrons. The van der Waals surface area contributed by atoms with Crippen molar-refractivity contribution in [1.82, 2.24) is 10.2 Å². The van der Waals surface area contributed by atoms with E-state index >= 15 is 0 Å². The van der Waals surface area contributed by atoms with Crippen molar-refractivity contribution in [1.29, 1.82) is 0 Å². The molecular weight excluding hydrogens is 234 g/mol. The monoisotopic (exact) mass is 247 g/mol. The van der Waals surface area contributed by atoms with Gasteiger partial charge < -0.3 is 10.6 Å². The maximum atomic E-state index is 11.7. The molecule has 0 aliphatic carbocycles. The van der Waals surface area contributed by atoms with Crippen molar-refractivity contribution < 1.29 is 14.4 Å². The molecule has 1 aliphatic rings. The van der Waals surface area contributed by atoms with Gasteiger partial charge >= 0.3 is 6.03 Å². The van der Waals surface area contributed by atoms with Crippen LogP contribution < -0.4 is 10.6 Å². The zero-order valence-electron chi connectivity index (χ0n) is 9.90. The van der Waals surface area contributed by atoms with Gasteiger partial charge in [-0.15, -0.1) is 0 Å². The molecule has 18 heavy (non-hydrogen) atoms. The van der Waals surface area contributed by atoms with Crippen molar-refractivity contribution in [3.63, 3.8) is 0 Å². The molecule has 0 atom stereocenters. The summed E-state index contributed by atoms with van der Waals surface area (Å²) in [6, 6.07) is 6.77. The van der Waals surface area contributed by atoms with Gasteiger partial charge in [-0.1, -0.05) is 18.2 Å². The summed E-state index contributed by atoms with van der Waals surface area (Å²) in [6.07, 6.45) is 0. The summed E-state index contributed by atoms with van der Waals surface area (Å²) in [5, 5.41) is 5.02. The maximum Gasteiger partial charge on any atom is 0.325 e. The van der Waals surface area contributed by atoms with Crippen LogP contribution in [0.2, 0.25) is 0 Å². The van der Waals surface area contributed by atoms with Gasteiger partial charge in [-0.3, -0.25) is 14.5 Å². The summed E-state index contributed by atoms with van der Waals surface area (Å²) in [6.45, 7) is 1.55. The van der Waals surface area contributed by atoms with Crippen LogP contribution in [-0.4, -0.2) is 35.8 Å². The third kappa shape index (κ3) is 2.48. The van der Waals surface area contributed by atoms with Crippen LogP contribution in [0, 0.1) is 6.92 Å². The van der Waals surface area contributed by atoms with Gasteiger partial charge in [-0.05, 0) is 18.6 Å².